The van der Waals surface area contributed by atoms with Crippen LogP contribution in [-0.4, -0.2) is 39.8 Å². The fraction of sp³-hybridized carbons (Fsp3) is 0.556. The van der Waals surface area contributed by atoms with Crippen LogP contribution in [0, 0.1) is 12.8 Å². The Kier molecular flexibility index (Phi) is 6.43. The molecule has 3 aliphatic rings. The van der Waals surface area contributed by atoms with Gasteiger partial charge in [-0.05, 0) is 50.5 Å². The van der Waals surface area contributed by atoms with Gasteiger partial charge < -0.3 is 4.90 Å². The molecule has 2 amide bonds. The maximum absolute atomic E-state index is 13.2. The van der Waals surface area contributed by atoms with E-state index in [0.29, 0.717) is 31.0 Å². The largest absolute Gasteiger partial charge is 0.332 e. The van der Waals surface area contributed by atoms with Crippen LogP contribution in [0.1, 0.15) is 80.1 Å². The molecule has 0 bridgehead atoms. The van der Waals surface area contributed by atoms with Gasteiger partial charge in [0.1, 0.15) is 5.82 Å². The van der Waals surface area contributed by atoms with Gasteiger partial charge in [-0.2, -0.15) is 0 Å². The first-order valence-corrected chi connectivity index (χ1v) is 12.6. The van der Waals surface area contributed by atoms with E-state index in [0.717, 1.165) is 48.6 Å². The Bertz CT molecular complexity index is 1020. The summed E-state index contributed by atoms with van der Waals surface area (Å²) in [6, 6.07) is 9.79. The third kappa shape index (κ3) is 4.66. The molecule has 1 aromatic heterocycles. The Labute approximate surface area is 196 Å². The van der Waals surface area contributed by atoms with E-state index >= 15 is 0 Å². The number of aromatic nitrogens is 2. The number of amides is 2. The highest BCUT2D eigenvalue weighted by Crippen LogP contribution is 2.36. The van der Waals surface area contributed by atoms with Crippen molar-refractivity contribution in [1.82, 2.24) is 14.9 Å². The predicted molar refractivity (Wildman–Crippen MR) is 128 cm³/mol. The zero-order valence-electron chi connectivity index (χ0n) is 19.6. The number of hydrogen-bond donors (Lipinski definition) is 0. The lowest BCUT2D eigenvalue weighted by Gasteiger charge is -2.34. The van der Waals surface area contributed by atoms with Crippen molar-refractivity contribution in [3.63, 3.8) is 0 Å². The van der Waals surface area contributed by atoms with Crippen LogP contribution >= 0.6 is 0 Å². The standard InChI is InChI=1S/C27H34N4O2/c1-19-22-14-15-24(32)31(18-21-11-6-3-7-12-21)27(22)29-26(28-19)23-13-8-16-30(23)25(33)17-20-9-4-2-5-10-20/h2,4-5,9-10,21,23H,3,6-8,11-18H2,1H3. The van der Waals surface area contributed by atoms with E-state index in [1.54, 1.807) is 0 Å². The number of nitrogens with zero attached hydrogens (tertiary/aromatic N) is 4. The Balaban J connectivity index is 1.41. The van der Waals surface area contributed by atoms with Gasteiger partial charge in [-0.25, -0.2) is 9.97 Å². The van der Waals surface area contributed by atoms with Crippen LogP contribution in [-0.2, 0) is 22.4 Å². The van der Waals surface area contributed by atoms with Gasteiger partial charge in [0.2, 0.25) is 11.8 Å². The molecule has 1 aliphatic carbocycles. The van der Waals surface area contributed by atoms with Crippen LogP contribution in [0.2, 0.25) is 0 Å². The minimum absolute atomic E-state index is 0.112. The molecule has 2 aliphatic heterocycles. The number of carbonyl (C=O) groups excluding carboxylic acids is 2. The van der Waals surface area contributed by atoms with Crippen molar-refractivity contribution < 1.29 is 9.59 Å². The van der Waals surface area contributed by atoms with E-state index in [9.17, 15) is 9.59 Å². The van der Waals surface area contributed by atoms with Crippen molar-refractivity contribution >= 4 is 17.6 Å². The van der Waals surface area contributed by atoms with Gasteiger partial charge in [0.15, 0.2) is 5.82 Å². The van der Waals surface area contributed by atoms with Crippen LogP contribution in [0.15, 0.2) is 30.3 Å². The van der Waals surface area contributed by atoms with E-state index in [1.165, 1.54) is 32.1 Å². The molecule has 1 atom stereocenters. The molecule has 1 unspecified atom stereocenters. The minimum atomic E-state index is -0.112. The molecule has 174 valence electrons. The van der Waals surface area contributed by atoms with Crippen molar-refractivity contribution in [3.8, 4) is 0 Å². The lowest BCUT2D eigenvalue weighted by molar-refractivity contribution is -0.131. The molecular formula is C27H34N4O2. The van der Waals surface area contributed by atoms with E-state index in [2.05, 4.69) is 0 Å². The third-order valence-electron chi connectivity index (χ3n) is 7.59. The number of hydrogen-bond acceptors (Lipinski definition) is 4. The second-order valence-electron chi connectivity index (χ2n) is 9.89. The third-order valence-corrected chi connectivity index (χ3v) is 7.59. The average molecular weight is 447 g/mol. The fourth-order valence-corrected chi connectivity index (χ4v) is 5.77. The number of fused-ring (bicyclic) bond motifs is 1. The normalized spacial score (nSPS) is 21.4. The van der Waals surface area contributed by atoms with Crippen LogP contribution in [0.5, 0.6) is 0 Å². The molecule has 1 aromatic carbocycles. The molecule has 2 fully saturated rings. The van der Waals surface area contributed by atoms with E-state index < -0.39 is 0 Å². The van der Waals surface area contributed by atoms with Crippen LogP contribution in [0.3, 0.4) is 0 Å². The Morgan fingerprint density at radius 1 is 1.00 bits per heavy atom. The molecule has 0 N–H and O–H groups in total. The Morgan fingerprint density at radius 2 is 1.79 bits per heavy atom. The monoisotopic (exact) mass is 446 g/mol. The topological polar surface area (TPSA) is 66.4 Å². The van der Waals surface area contributed by atoms with Crippen LogP contribution < -0.4 is 4.90 Å². The summed E-state index contributed by atoms with van der Waals surface area (Å²) in [5.74, 6) is 2.37. The summed E-state index contributed by atoms with van der Waals surface area (Å²) in [6.07, 6.45) is 9.68. The van der Waals surface area contributed by atoms with E-state index in [-0.39, 0.29) is 17.9 Å². The zero-order chi connectivity index (χ0) is 22.8. The van der Waals surface area contributed by atoms with Crippen LogP contribution in [0.25, 0.3) is 0 Å². The highest BCUT2D eigenvalue weighted by atomic mass is 16.2. The second kappa shape index (κ2) is 9.62. The number of anilines is 1. The van der Waals surface area contributed by atoms with Crippen molar-refractivity contribution in [3.05, 3.63) is 53.0 Å². The molecule has 1 saturated heterocycles. The first-order chi connectivity index (χ1) is 16.1. The molecule has 6 nitrogen and oxygen atoms in total. The fourth-order valence-electron chi connectivity index (χ4n) is 5.77. The average Bonchev–Trinajstić information content (AvgIpc) is 3.32. The number of benzene rings is 1. The van der Waals surface area contributed by atoms with Gasteiger partial charge >= 0.3 is 0 Å². The van der Waals surface area contributed by atoms with Crippen molar-refractivity contribution in [2.24, 2.45) is 5.92 Å². The first kappa shape index (κ1) is 22.1. The second-order valence-corrected chi connectivity index (χ2v) is 9.89. The summed E-state index contributed by atoms with van der Waals surface area (Å²) < 4.78 is 0. The number of likely N-dealkylation sites (tertiary alicyclic amines) is 1. The molecule has 1 saturated carbocycles. The number of carbonyl (C=O) groups is 2. The van der Waals surface area contributed by atoms with Crippen molar-refractivity contribution in [2.45, 2.75) is 77.2 Å². The summed E-state index contributed by atoms with van der Waals surface area (Å²) in [4.78, 5) is 39.9. The smallest absolute Gasteiger partial charge is 0.228 e. The van der Waals surface area contributed by atoms with Gasteiger partial charge in [0.05, 0.1) is 12.5 Å². The molecule has 0 spiro atoms. The zero-order valence-corrected chi connectivity index (χ0v) is 19.6. The molecule has 2 aromatic rings. The summed E-state index contributed by atoms with van der Waals surface area (Å²) in [5.41, 5.74) is 3.09. The molecule has 6 heteroatoms. The van der Waals surface area contributed by atoms with E-state index in [4.69, 9.17) is 9.97 Å². The highest BCUT2D eigenvalue weighted by Gasteiger charge is 2.35. The van der Waals surface area contributed by atoms with Gasteiger partial charge in [-0.1, -0.05) is 49.6 Å². The lowest BCUT2D eigenvalue weighted by atomic mass is 9.88. The molecule has 3 heterocycles. The Morgan fingerprint density at radius 3 is 2.58 bits per heavy atom. The molecular weight excluding hydrogens is 412 g/mol. The summed E-state index contributed by atoms with van der Waals surface area (Å²) >= 11 is 0. The maximum Gasteiger partial charge on any atom is 0.228 e. The predicted octanol–water partition coefficient (Wildman–Crippen LogP) is 4.55. The summed E-state index contributed by atoms with van der Waals surface area (Å²) in [6.45, 7) is 3.53. The number of rotatable bonds is 5. The minimum Gasteiger partial charge on any atom is -0.332 e. The van der Waals surface area contributed by atoms with Gasteiger partial charge in [-0.15, -0.1) is 0 Å². The molecule has 33 heavy (non-hydrogen) atoms. The maximum atomic E-state index is 13.2. The van der Waals surface area contributed by atoms with Gasteiger partial charge in [0, 0.05) is 30.8 Å². The van der Waals surface area contributed by atoms with Crippen molar-refractivity contribution in [2.75, 3.05) is 18.0 Å². The lowest BCUT2D eigenvalue weighted by Crippen LogP contribution is -2.41. The van der Waals surface area contributed by atoms with E-state index in [1.807, 2.05) is 47.1 Å². The SMILES string of the molecule is Cc1nc(C2CCCN2C(=O)Cc2ccccc2)nc2c1CCC(=O)N2CC1CCCCC1. The number of aryl methyl sites for hydroxylation is 1. The molecule has 0 radical (unpaired) electrons. The first-order valence-electron chi connectivity index (χ1n) is 12.6. The van der Waals surface area contributed by atoms with Crippen LogP contribution in [0.4, 0.5) is 5.82 Å². The highest BCUT2D eigenvalue weighted by molar-refractivity contribution is 5.95. The van der Waals surface area contributed by atoms with Crippen molar-refractivity contribution in [1.29, 1.82) is 0 Å². The van der Waals surface area contributed by atoms with Gasteiger partial charge in [0.25, 0.3) is 0 Å². The van der Waals surface area contributed by atoms with Gasteiger partial charge in [-0.3, -0.25) is 14.5 Å². The Hall–Kier alpha value is -2.76. The summed E-state index contributed by atoms with van der Waals surface area (Å²) in [5, 5.41) is 0. The molecule has 5 rings (SSSR count). The summed E-state index contributed by atoms with van der Waals surface area (Å²) in [7, 11) is 0. The quantitative estimate of drug-likeness (QED) is 0.676.